The fraction of sp³-hybridized carbons (Fsp3) is 0.0800. The first-order valence-electron chi connectivity index (χ1n) is 10.3. The second-order valence-corrected chi connectivity index (χ2v) is 7.40. The summed E-state index contributed by atoms with van der Waals surface area (Å²) in [5.74, 6) is -1.07. The molecule has 0 saturated carbocycles. The highest BCUT2D eigenvalue weighted by Gasteiger charge is 2.27. The normalized spacial score (nSPS) is 11.9. The minimum Gasteiger partial charge on any atom is -0.335 e. The molecule has 1 atom stereocenters. The van der Waals surface area contributed by atoms with Crippen LogP contribution in [0.3, 0.4) is 0 Å². The lowest BCUT2D eigenvalue weighted by Crippen LogP contribution is -2.40. The summed E-state index contributed by atoms with van der Waals surface area (Å²) in [6, 6.07) is 21.7. The molecular formula is C25H21N5O3. The van der Waals surface area contributed by atoms with Crippen LogP contribution in [0.1, 0.15) is 33.2 Å². The maximum absolute atomic E-state index is 13.1. The van der Waals surface area contributed by atoms with Crippen LogP contribution in [-0.2, 0) is 4.79 Å². The van der Waals surface area contributed by atoms with E-state index in [1.165, 1.54) is 6.21 Å². The maximum atomic E-state index is 13.1. The number of hydrogen-bond donors (Lipinski definition) is 3. The monoisotopic (exact) mass is 439 g/mol. The molecule has 0 bridgehead atoms. The highest BCUT2D eigenvalue weighted by atomic mass is 16.2. The maximum Gasteiger partial charge on any atom is 0.272 e. The Bertz CT molecular complexity index is 1380. The summed E-state index contributed by atoms with van der Waals surface area (Å²) >= 11 is 0. The smallest absolute Gasteiger partial charge is 0.272 e. The van der Waals surface area contributed by atoms with Gasteiger partial charge in [-0.2, -0.15) is 10.2 Å². The minimum atomic E-state index is -1.20. The van der Waals surface area contributed by atoms with E-state index in [-0.39, 0.29) is 11.3 Å². The highest BCUT2D eigenvalue weighted by Crippen LogP contribution is 2.20. The van der Waals surface area contributed by atoms with Crippen LogP contribution in [0, 0.1) is 6.92 Å². The molecule has 0 saturated heterocycles. The van der Waals surface area contributed by atoms with Crippen LogP contribution < -0.4 is 16.3 Å². The van der Waals surface area contributed by atoms with Crippen LogP contribution in [0.4, 0.5) is 0 Å². The van der Waals surface area contributed by atoms with Gasteiger partial charge in [0.1, 0.15) is 5.69 Å². The molecule has 0 aliphatic rings. The van der Waals surface area contributed by atoms with E-state index in [9.17, 15) is 14.4 Å². The molecule has 1 aromatic heterocycles. The second kappa shape index (κ2) is 9.69. The predicted octanol–water partition coefficient (Wildman–Crippen LogP) is 2.85. The number of aryl methyl sites for hydroxylation is 1. The third kappa shape index (κ3) is 5.01. The van der Waals surface area contributed by atoms with Crippen molar-refractivity contribution in [3.8, 4) is 0 Å². The first-order valence-corrected chi connectivity index (χ1v) is 10.3. The lowest BCUT2D eigenvalue weighted by Gasteiger charge is -2.18. The number of hydrogen-bond acceptors (Lipinski definition) is 5. The molecule has 0 radical (unpaired) electrons. The zero-order chi connectivity index (χ0) is 23.2. The lowest BCUT2D eigenvalue weighted by atomic mass is 10.0. The van der Waals surface area contributed by atoms with Gasteiger partial charge in [-0.15, -0.1) is 0 Å². The number of nitrogens with one attached hydrogen (secondary N) is 3. The molecule has 8 heteroatoms. The number of carbonyl (C=O) groups excluding carboxylic acids is 2. The third-order valence-electron chi connectivity index (χ3n) is 5.04. The number of fused-ring (bicyclic) bond motifs is 1. The molecule has 164 valence electrons. The van der Waals surface area contributed by atoms with Gasteiger partial charge in [0.2, 0.25) is 0 Å². The molecule has 0 spiro atoms. The van der Waals surface area contributed by atoms with Gasteiger partial charge < -0.3 is 5.32 Å². The van der Waals surface area contributed by atoms with Gasteiger partial charge in [-0.05, 0) is 30.7 Å². The first-order chi connectivity index (χ1) is 16.0. The Morgan fingerprint density at radius 1 is 0.939 bits per heavy atom. The van der Waals surface area contributed by atoms with Crippen LogP contribution in [-0.4, -0.2) is 28.2 Å². The van der Waals surface area contributed by atoms with E-state index < -0.39 is 17.9 Å². The summed E-state index contributed by atoms with van der Waals surface area (Å²) in [4.78, 5) is 38.1. The van der Waals surface area contributed by atoms with Crippen LogP contribution in [0.2, 0.25) is 0 Å². The van der Waals surface area contributed by atoms with Crippen LogP contribution in [0.15, 0.2) is 88.8 Å². The highest BCUT2D eigenvalue weighted by molar-refractivity contribution is 5.99. The van der Waals surface area contributed by atoms with Gasteiger partial charge in [0.15, 0.2) is 6.04 Å². The molecule has 0 unspecified atom stereocenters. The Labute approximate surface area is 189 Å². The SMILES string of the molecule is Cc1ccc(/C=N\NC(=O)[C@H](NC(=O)c2ccccc2)c2n[nH]c(=O)c3ccccc23)cc1. The molecular weight excluding hydrogens is 418 g/mol. The quantitative estimate of drug-likeness (QED) is 0.316. The van der Waals surface area contributed by atoms with E-state index in [1.807, 2.05) is 31.2 Å². The topological polar surface area (TPSA) is 116 Å². The molecule has 8 nitrogen and oxygen atoms in total. The summed E-state index contributed by atoms with van der Waals surface area (Å²) in [6.07, 6.45) is 1.51. The van der Waals surface area contributed by atoms with Gasteiger partial charge in [-0.1, -0.05) is 66.2 Å². The van der Waals surface area contributed by atoms with Gasteiger partial charge in [0.25, 0.3) is 17.4 Å². The number of hydrazone groups is 1. The number of benzene rings is 3. The van der Waals surface area contributed by atoms with Crippen molar-refractivity contribution in [3.05, 3.63) is 112 Å². The summed E-state index contributed by atoms with van der Waals surface area (Å²) < 4.78 is 0. The Morgan fingerprint density at radius 3 is 2.33 bits per heavy atom. The van der Waals surface area contributed by atoms with Gasteiger partial charge in [0, 0.05) is 10.9 Å². The number of H-pyrrole nitrogens is 1. The summed E-state index contributed by atoms with van der Waals surface area (Å²) in [7, 11) is 0. The van der Waals surface area contributed by atoms with Gasteiger partial charge in [0.05, 0.1) is 11.6 Å². The summed E-state index contributed by atoms with van der Waals surface area (Å²) in [5.41, 5.74) is 4.57. The van der Waals surface area contributed by atoms with Crippen LogP contribution in [0.25, 0.3) is 10.8 Å². The Balaban J connectivity index is 1.66. The Morgan fingerprint density at radius 2 is 1.61 bits per heavy atom. The molecule has 0 aliphatic carbocycles. The molecule has 3 N–H and O–H groups in total. The molecule has 0 fully saturated rings. The summed E-state index contributed by atoms with van der Waals surface area (Å²) in [5, 5.41) is 14.0. The predicted molar refractivity (Wildman–Crippen MR) is 126 cm³/mol. The molecule has 33 heavy (non-hydrogen) atoms. The Hall–Kier alpha value is -4.59. The average molecular weight is 439 g/mol. The van der Waals surface area contributed by atoms with Crippen molar-refractivity contribution in [2.24, 2.45) is 5.10 Å². The number of aromatic nitrogens is 2. The minimum absolute atomic E-state index is 0.206. The van der Waals surface area contributed by atoms with Crippen molar-refractivity contribution in [2.75, 3.05) is 0 Å². The van der Waals surface area contributed by atoms with Gasteiger partial charge in [-0.25, -0.2) is 10.5 Å². The molecule has 4 aromatic rings. The van der Waals surface area contributed by atoms with Gasteiger partial charge >= 0.3 is 0 Å². The van der Waals surface area contributed by atoms with Crippen molar-refractivity contribution in [1.29, 1.82) is 0 Å². The summed E-state index contributed by atoms with van der Waals surface area (Å²) in [6.45, 7) is 1.98. The molecule has 1 heterocycles. The van der Waals surface area contributed by atoms with E-state index in [1.54, 1.807) is 54.6 Å². The fourth-order valence-electron chi connectivity index (χ4n) is 3.31. The van der Waals surface area contributed by atoms with Crippen molar-refractivity contribution < 1.29 is 9.59 Å². The number of carbonyl (C=O) groups is 2. The lowest BCUT2D eigenvalue weighted by molar-refractivity contribution is -0.123. The number of aromatic amines is 1. The average Bonchev–Trinajstić information content (AvgIpc) is 2.85. The standard InChI is InChI=1S/C25H21N5O3/c1-16-11-13-17(14-12-16)15-26-29-25(33)22(27-23(31)18-7-3-2-4-8-18)21-19-9-5-6-10-20(19)24(32)30-28-21/h2-15,22H,1H3,(H,27,31)(H,29,33)(H,30,32)/b26-15-/t22-/m1/s1. The van der Waals surface area contributed by atoms with Gasteiger partial charge in [-0.3, -0.25) is 14.4 Å². The van der Waals surface area contributed by atoms with E-state index in [2.05, 4.69) is 26.0 Å². The number of nitrogens with zero attached hydrogens (tertiary/aromatic N) is 2. The molecule has 4 rings (SSSR count). The zero-order valence-corrected chi connectivity index (χ0v) is 17.8. The van der Waals surface area contributed by atoms with Crippen molar-refractivity contribution in [1.82, 2.24) is 20.9 Å². The van der Waals surface area contributed by atoms with Crippen LogP contribution in [0.5, 0.6) is 0 Å². The van der Waals surface area contributed by atoms with E-state index in [0.29, 0.717) is 16.3 Å². The molecule has 3 aromatic carbocycles. The molecule has 2 amide bonds. The zero-order valence-electron chi connectivity index (χ0n) is 17.8. The molecule has 0 aliphatic heterocycles. The van der Waals surface area contributed by atoms with Crippen molar-refractivity contribution >= 4 is 28.8 Å². The van der Waals surface area contributed by atoms with Crippen molar-refractivity contribution in [2.45, 2.75) is 13.0 Å². The largest absolute Gasteiger partial charge is 0.335 e. The van der Waals surface area contributed by atoms with Crippen LogP contribution >= 0.6 is 0 Å². The first kappa shape index (κ1) is 21.6. The van der Waals surface area contributed by atoms with Crippen molar-refractivity contribution in [3.63, 3.8) is 0 Å². The fourth-order valence-corrected chi connectivity index (χ4v) is 3.31. The van der Waals surface area contributed by atoms with E-state index in [0.717, 1.165) is 11.1 Å². The third-order valence-corrected chi connectivity index (χ3v) is 5.04. The van der Waals surface area contributed by atoms with E-state index in [4.69, 9.17) is 0 Å². The Kier molecular flexibility index (Phi) is 6.36. The number of rotatable bonds is 6. The van der Waals surface area contributed by atoms with E-state index >= 15 is 0 Å². The number of amides is 2. The second-order valence-electron chi connectivity index (χ2n) is 7.40.